The van der Waals surface area contributed by atoms with E-state index in [-0.39, 0.29) is 24.1 Å². The molecule has 8 nitrogen and oxygen atoms in total. The number of aliphatic imine (C=N–C) groups is 1. The second kappa shape index (κ2) is 19.2. The largest absolute Gasteiger partial charge is 0.466 e. The van der Waals surface area contributed by atoms with Gasteiger partial charge in [-0.2, -0.15) is 5.26 Å². The van der Waals surface area contributed by atoms with Gasteiger partial charge < -0.3 is 14.2 Å². The Morgan fingerprint density at radius 1 is 0.591 bits per heavy atom. The molecule has 0 aromatic carbocycles. The summed E-state index contributed by atoms with van der Waals surface area (Å²) < 4.78 is 16.1. The number of carbonyl (C=O) groups excluding carboxylic acids is 3. The van der Waals surface area contributed by atoms with Gasteiger partial charge in [-0.15, -0.1) is 0 Å². The molecule has 0 aliphatic heterocycles. The first kappa shape index (κ1) is 34.5. The Morgan fingerprint density at radius 3 is 1.39 bits per heavy atom. The zero-order valence-corrected chi connectivity index (χ0v) is 26.9. The summed E-state index contributed by atoms with van der Waals surface area (Å²) in [7, 11) is 0. The van der Waals surface area contributed by atoms with Crippen molar-refractivity contribution in [3.05, 3.63) is 0 Å². The lowest BCUT2D eigenvalue weighted by Gasteiger charge is -2.33. The van der Waals surface area contributed by atoms with E-state index in [4.69, 9.17) is 19.5 Å². The molecular formula is C36H56N2O6. The van der Waals surface area contributed by atoms with E-state index in [2.05, 4.69) is 4.99 Å². The van der Waals surface area contributed by atoms with E-state index in [1.807, 2.05) is 6.26 Å². The molecule has 0 unspecified atom stereocenters. The average molecular weight is 613 g/mol. The van der Waals surface area contributed by atoms with Crippen LogP contribution in [0.1, 0.15) is 141 Å². The maximum absolute atomic E-state index is 12.4. The second-order valence-electron chi connectivity index (χ2n) is 14.5. The number of ether oxygens (including phenoxy) is 3. The van der Waals surface area contributed by atoms with E-state index in [1.165, 1.54) is 64.2 Å². The quantitative estimate of drug-likeness (QED) is 0.0605. The predicted molar refractivity (Wildman–Crippen MR) is 167 cm³/mol. The van der Waals surface area contributed by atoms with Crippen LogP contribution in [-0.4, -0.2) is 43.4 Å². The minimum absolute atomic E-state index is 0.0865. The number of nitrogens with zero attached hydrogens (tertiary/aromatic N) is 2. The first-order chi connectivity index (χ1) is 21.5. The van der Waals surface area contributed by atoms with E-state index in [0.29, 0.717) is 37.9 Å². The Bertz CT molecular complexity index is 942. The van der Waals surface area contributed by atoms with E-state index in [0.717, 1.165) is 87.9 Å². The molecule has 0 aromatic rings. The van der Waals surface area contributed by atoms with E-state index < -0.39 is 0 Å². The van der Waals surface area contributed by atoms with Gasteiger partial charge in [0, 0.05) is 12.8 Å². The van der Waals surface area contributed by atoms with Crippen LogP contribution in [0, 0.1) is 47.0 Å². The third kappa shape index (κ3) is 12.5. The molecular weight excluding hydrogens is 556 g/mol. The smallest absolute Gasteiger partial charge is 0.306 e. The Balaban J connectivity index is 0.948. The molecule has 0 radical (unpaired) electrons. The monoisotopic (exact) mass is 612 g/mol. The highest BCUT2D eigenvalue weighted by molar-refractivity contribution is 5.70. The lowest BCUT2D eigenvalue weighted by atomic mass is 9.74. The van der Waals surface area contributed by atoms with Gasteiger partial charge >= 0.3 is 11.9 Å². The van der Waals surface area contributed by atoms with Crippen molar-refractivity contribution in [3.63, 3.8) is 0 Å². The van der Waals surface area contributed by atoms with Crippen LogP contribution >= 0.6 is 0 Å². The fourth-order valence-electron chi connectivity index (χ4n) is 8.59. The molecule has 0 amide bonds. The summed E-state index contributed by atoms with van der Waals surface area (Å²) in [4.78, 5) is 39.1. The molecule has 4 saturated carbocycles. The molecule has 0 atom stereocenters. The van der Waals surface area contributed by atoms with Crippen molar-refractivity contribution >= 4 is 18.0 Å². The van der Waals surface area contributed by atoms with Crippen molar-refractivity contribution in [3.8, 4) is 6.26 Å². The van der Waals surface area contributed by atoms with Crippen LogP contribution in [-0.2, 0) is 28.6 Å². The van der Waals surface area contributed by atoms with Gasteiger partial charge in [-0.25, -0.2) is 9.79 Å². The molecule has 4 fully saturated rings. The topological polar surface area (TPSA) is 115 Å². The van der Waals surface area contributed by atoms with Crippen LogP contribution < -0.4 is 0 Å². The van der Waals surface area contributed by atoms with Gasteiger partial charge in [0.25, 0.3) is 6.26 Å². The maximum Gasteiger partial charge on any atom is 0.306 e. The first-order valence-electron chi connectivity index (χ1n) is 17.9. The lowest BCUT2D eigenvalue weighted by Crippen LogP contribution is -2.24. The van der Waals surface area contributed by atoms with E-state index >= 15 is 0 Å². The molecule has 0 bridgehead atoms. The predicted octanol–water partition coefficient (Wildman–Crippen LogP) is 7.98. The molecule has 4 aliphatic carbocycles. The van der Waals surface area contributed by atoms with Gasteiger partial charge in [0.05, 0.1) is 19.3 Å². The standard InChI is InChI=1S/C36H56N2O6/c37-25-44-34-17-13-30(14-18-34)22-28-5-9-32(10-6-28)24-36(41)43-20-2-1-19-42-35(40)23-31-7-3-27(4-8-31)21-29-11-15-33(16-12-29)38-26-39/h27-34H,1-24H2. The zero-order chi connectivity index (χ0) is 31.0. The highest BCUT2D eigenvalue weighted by Crippen LogP contribution is 2.40. The van der Waals surface area contributed by atoms with Crippen LogP contribution in [0.4, 0.5) is 0 Å². The van der Waals surface area contributed by atoms with E-state index in [1.54, 1.807) is 6.08 Å². The summed E-state index contributed by atoms with van der Waals surface area (Å²) in [5.74, 6) is 3.77. The average Bonchev–Trinajstić information content (AvgIpc) is 3.03. The Kier molecular flexibility index (Phi) is 15.0. The summed E-state index contributed by atoms with van der Waals surface area (Å²) >= 11 is 0. The Hall–Kier alpha value is -2.39. The van der Waals surface area contributed by atoms with Gasteiger partial charge in [0.1, 0.15) is 6.10 Å². The number of hydrogen-bond acceptors (Lipinski definition) is 8. The molecule has 0 aromatic heterocycles. The highest BCUT2D eigenvalue weighted by Gasteiger charge is 2.30. The molecule has 0 N–H and O–H groups in total. The number of hydrogen-bond donors (Lipinski definition) is 0. The highest BCUT2D eigenvalue weighted by atomic mass is 16.5. The van der Waals surface area contributed by atoms with Gasteiger partial charge in [0.2, 0.25) is 6.08 Å². The van der Waals surface area contributed by atoms with Crippen molar-refractivity contribution in [2.24, 2.45) is 40.5 Å². The van der Waals surface area contributed by atoms with Crippen LogP contribution in [0.3, 0.4) is 0 Å². The maximum atomic E-state index is 12.4. The third-order valence-electron chi connectivity index (χ3n) is 11.3. The number of isocyanates is 1. The van der Waals surface area contributed by atoms with Gasteiger partial charge in [-0.05, 0) is 138 Å². The first-order valence-corrected chi connectivity index (χ1v) is 17.9. The summed E-state index contributed by atoms with van der Waals surface area (Å²) in [5.41, 5.74) is 0. The van der Waals surface area contributed by atoms with Gasteiger partial charge in [-0.3, -0.25) is 9.59 Å². The summed E-state index contributed by atoms with van der Waals surface area (Å²) in [6.45, 7) is 0.805. The lowest BCUT2D eigenvalue weighted by molar-refractivity contribution is -0.147. The number of unbranched alkanes of at least 4 members (excludes halogenated alkanes) is 1. The molecule has 246 valence electrons. The van der Waals surface area contributed by atoms with Crippen molar-refractivity contribution in [2.45, 2.75) is 153 Å². The fraction of sp³-hybridized carbons (Fsp3) is 0.889. The Morgan fingerprint density at radius 2 is 0.977 bits per heavy atom. The SMILES string of the molecule is N#COC1CCC(CC2CCC(CC(=O)OCCCCOC(=O)CC3CCC(CC4CCC(N=C=O)CC4)CC3)CC2)CC1. The van der Waals surface area contributed by atoms with Crippen molar-refractivity contribution in [2.75, 3.05) is 13.2 Å². The van der Waals surface area contributed by atoms with Crippen LogP contribution in [0.15, 0.2) is 4.99 Å². The zero-order valence-electron chi connectivity index (χ0n) is 26.9. The summed E-state index contributed by atoms with van der Waals surface area (Å²) in [5, 5.41) is 8.70. The van der Waals surface area contributed by atoms with Crippen molar-refractivity contribution < 1.29 is 28.6 Å². The number of rotatable bonds is 15. The molecule has 0 saturated heterocycles. The number of carbonyl (C=O) groups is 2. The summed E-state index contributed by atoms with van der Waals surface area (Å²) in [6.07, 6.45) is 26.8. The summed E-state index contributed by atoms with van der Waals surface area (Å²) in [6, 6.07) is 0.196. The molecule has 8 heteroatoms. The molecule has 4 rings (SSSR count). The van der Waals surface area contributed by atoms with Crippen molar-refractivity contribution in [1.82, 2.24) is 0 Å². The minimum atomic E-state index is -0.0872. The molecule has 0 spiro atoms. The fourth-order valence-corrected chi connectivity index (χ4v) is 8.59. The minimum Gasteiger partial charge on any atom is -0.466 e. The molecule has 4 aliphatic rings. The van der Waals surface area contributed by atoms with Crippen molar-refractivity contribution in [1.29, 1.82) is 5.26 Å². The van der Waals surface area contributed by atoms with Gasteiger partial charge in [0.15, 0.2) is 0 Å². The van der Waals surface area contributed by atoms with Crippen LogP contribution in [0.2, 0.25) is 0 Å². The third-order valence-corrected chi connectivity index (χ3v) is 11.3. The second-order valence-corrected chi connectivity index (χ2v) is 14.5. The Labute approximate surface area is 265 Å². The molecule has 44 heavy (non-hydrogen) atoms. The number of esters is 2. The van der Waals surface area contributed by atoms with E-state index in [9.17, 15) is 14.4 Å². The van der Waals surface area contributed by atoms with Crippen LogP contribution in [0.25, 0.3) is 0 Å². The normalized spacial score (nSPS) is 32.4. The number of nitriles is 1. The van der Waals surface area contributed by atoms with Crippen LogP contribution in [0.5, 0.6) is 0 Å². The van der Waals surface area contributed by atoms with Gasteiger partial charge in [-0.1, -0.05) is 25.7 Å². The molecule has 0 heterocycles.